The zero-order chi connectivity index (χ0) is 17.9. The highest BCUT2D eigenvalue weighted by atomic mass is 19.4. The molecule has 0 bridgehead atoms. The van der Waals surface area contributed by atoms with E-state index in [2.05, 4.69) is 4.90 Å². The fourth-order valence-electron chi connectivity index (χ4n) is 3.11. The highest BCUT2D eigenvalue weighted by Crippen LogP contribution is 2.33. The molecule has 1 heterocycles. The van der Waals surface area contributed by atoms with Crippen molar-refractivity contribution < 1.29 is 22.7 Å². The number of hydrogen-bond donors (Lipinski definition) is 0. The van der Waals surface area contributed by atoms with E-state index in [1.165, 1.54) is 12.1 Å². The Morgan fingerprint density at radius 2 is 1.88 bits per heavy atom. The molecule has 6 heteroatoms. The number of halogens is 3. The van der Waals surface area contributed by atoms with Crippen LogP contribution in [0.2, 0.25) is 0 Å². The van der Waals surface area contributed by atoms with Crippen LogP contribution in [0.5, 0.6) is 11.5 Å². The number of carbonyl (C=O) groups is 1. The molecule has 1 fully saturated rings. The predicted molar refractivity (Wildman–Crippen MR) is 89.0 cm³/mol. The molecule has 3 nitrogen and oxygen atoms in total. The van der Waals surface area contributed by atoms with Crippen molar-refractivity contribution in [1.82, 2.24) is 0 Å². The summed E-state index contributed by atoms with van der Waals surface area (Å²) in [5, 5.41) is 0. The van der Waals surface area contributed by atoms with E-state index < -0.39 is 11.7 Å². The summed E-state index contributed by atoms with van der Waals surface area (Å²) in [6.45, 7) is 0.895. The third-order valence-electron chi connectivity index (χ3n) is 4.31. The van der Waals surface area contributed by atoms with Crippen molar-refractivity contribution in [1.29, 1.82) is 0 Å². The maximum Gasteiger partial charge on any atom is 0.416 e. The first-order valence-corrected chi connectivity index (χ1v) is 8.13. The van der Waals surface area contributed by atoms with Crippen LogP contribution in [0.4, 0.5) is 18.9 Å². The second kappa shape index (κ2) is 7.17. The number of hydrogen-bond acceptors (Lipinski definition) is 3. The van der Waals surface area contributed by atoms with Gasteiger partial charge in [0, 0.05) is 24.7 Å². The number of nitrogens with zero attached hydrogens (tertiary/aromatic N) is 1. The highest BCUT2D eigenvalue weighted by Gasteiger charge is 2.30. The standard InChI is InChI=1S/C19H18F3NO2/c20-19(21,22)14-3-1-5-18(13-14)25-17-8-6-16(7-9-17)23-11-2-4-15(23)10-12-24/h1,3,5-9,12-13,15H,2,4,10-11H2. The number of benzene rings is 2. The highest BCUT2D eigenvalue weighted by molar-refractivity contribution is 5.56. The van der Waals surface area contributed by atoms with E-state index in [0.29, 0.717) is 12.2 Å². The molecule has 1 aliphatic rings. The topological polar surface area (TPSA) is 29.5 Å². The van der Waals surface area contributed by atoms with E-state index in [1.54, 1.807) is 12.1 Å². The number of carbonyl (C=O) groups excluding carboxylic acids is 1. The minimum atomic E-state index is -4.40. The summed E-state index contributed by atoms with van der Waals surface area (Å²) in [6, 6.07) is 12.2. The average molecular weight is 349 g/mol. The quantitative estimate of drug-likeness (QED) is 0.707. The van der Waals surface area contributed by atoms with Gasteiger partial charge in [0.15, 0.2) is 0 Å². The van der Waals surface area contributed by atoms with E-state index in [9.17, 15) is 18.0 Å². The Morgan fingerprint density at radius 3 is 2.56 bits per heavy atom. The molecule has 1 atom stereocenters. The molecule has 132 valence electrons. The largest absolute Gasteiger partial charge is 0.457 e. The lowest BCUT2D eigenvalue weighted by atomic mass is 10.1. The van der Waals surface area contributed by atoms with Crippen molar-refractivity contribution in [3.8, 4) is 11.5 Å². The average Bonchev–Trinajstić information content (AvgIpc) is 3.04. The Hall–Kier alpha value is -2.50. The molecule has 1 unspecified atom stereocenters. The zero-order valence-corrected chi connectivity index (χ0v) is 13.5. The molecule has 1 aliphatic heterocycles. The van der Waals surface area contributed by atoms with Gasteiger partial charge in [0.2, 0.25) is 0 Å². The van der Waals surface area contributed by atoms with Gasteiger partial charge in [0.1, 0.15) is 17.8 Å². The summed E-state index contributed by atoms with van der Waals surface area (Å²) in [6.07, 6.45) is -0.925. The van der Waals surface area contributed by atoms with Gasteiger partial charge in [-0.25, -0.2) is 0 Å². The fraction of sp³-hybridized carbons (Fsp3) is 0.316. The van der Waals surface area contributed by atoms with Gasteiger partial charge >= 0.3 is 6.18 Å². The molecular formula is C19H18F3NO2. The minimum Gasteiger partial charge on any atom is -0.457 e. The summed E-state index contributed by atoms with van der Waals surface area (Å²) in [5.41, 5.74) is 0.246. The first-order valence-electron chi connectivity index (χ1n) is 8.13. The Bertz CT molecular complexity index is 728. The Morgan fingerprint density at radius 1 is 1.12 bits per heavy atom. The van der Waals surface area contributed by atoms with Crippen LogP contribution >= 0.6 is 0 Å². The Kier molecular flexibility index (Phi) is 4.97. The van der Waals surface area contributed by atoms with Crippen molar-refractivity contribution in [3.05, 3.63) is 54.1 Å². The number of alkyl halides is 3. The smallest absolute Gasteiger partial charge is 0.416 e. The summed E-state index contributed by atoms with van der Waals surface area (Å²) in [5.74, 6) is 0.608. The molecule has 0 N–H and O–H groups in total. The van der Waals surface area contributed by atoms with Crippen molar-refractivity contribution in [2.45, 2.75) is 31.5 Å². The van der Waals surface area contributed by atoms with Gasteiger partial charge in [-0.2, -0.15) is 13.2 Å². The monoisotopic (exact) mass is 349 g/mol. The van der Waals surface area contributed by atoms with Gasteiger partial charge < -0.3 is 14.4 Å². The SMILES string of the molecule is O=CCC1CCCN1c1ccc(Oc2cccc(C(F)(F)F)c2)cc1. The van der Waals surface area contributed by atoms with E-state index in [0.717, 1.165) is 43.5 Å². The lowest BCUT2D eigenvalue weighted by Crippen LogP contribution is -2.29. The molecule has 0 aromatic heterocycles. The van der Waals surface area contributed by atoms with E-state index >= 15 is 0 Å². The maximum absolute atomic E-state index is 12.7. The lowest BCUT2D eigenvalue weighted by molar-refractivity contribution is -0.137. The van der Waals surface area contributed by atoms with Gasteiger partial charge in [-0.05, 0) is 55.3 Å². The summed E-state index contributed by atoms with van der Waals surface area (Å²) < 4.78 is 43.8. The molecular weight excluding hydrogens is 331 g/mol. The van der Waals surface area contributed by atoms with Crippen LogP contribution in [0.15, 0.2) is 48.5 Å². The third kappa shape index (κ3) is 4.13. The first-order chi connectivity index (χ1) is 12.0. The zero-order valence-electron chi connectivity index (χ0n) is 13.5. The maximum atomic E-state index is 12.7. The molecule has 0 radical (unpaired) electrons. The molecule has 3 rings (SSSR count). The molecule has 25 heavy (non-hydrogen) atoms. The van der Waals surface area contributed by atoms with Crippen LogP contribution in [0.25, 0.3) is 0 Å². The lowest BCUT2D eigenvalue weighted by Gasteiger charge is -2.25. The van der Waals surface area contributed by atoms with Gasteiger partial charge in [-0.15, -0.1) is 0 Å². The van der Waals surface area contributed by atoms with Gasteiger partial charge in [-0.1, -0.05) is 6.07 Å². The van der Waals surface area contributed by atoms with Gasteiger partial charge in [-0.3, -0.25) is 0 Å². The summed E-state index contributed by atoms with van der Waals surface area (Å²) >= 11 is 0. The Labute approximate surface area is 144 Å². The fourth-order valence-corrected chi connectivity index (χ4v) is 3.11. The molecule has 1 saturated heterocycles. The number of rotatable bonds is 5. The van der Waals surface area contributed by atoms with E-state index in [-0.39, 0.29) is 11.8 Å². The second-order valence-electron chi connectivity index (χ2n) is 6.01. The van der Waals surface area contributed by atoms with Crippen molar-refractivity contribution in [3.63, 3.8) is 0 Å². The molecule has 2 aromatic carbocycles. The van der Waals surface area contributed by atoms with Crippen LogP contribution < -0.4 is 9.64 Å². The summed E-state index contributed by atoms with van der Waals surface area (Å²) in [4.78, 5) is 12.9. The van der Waals surface area contributed by atoms with E-state index in [1.807, 2.05) is 12.1 Å². The minimum absolute atomic E-state index is 0.141. The first kappa shape index (κ1) is 17.3. The van der Waals surface area contributed by atoms with Crippen molar-refractivity contribution in [2.24, 2.45) is 0 Å². The number of aldehydes is 1. The third-order valence-corrected chi connectivity index (χ3v) is 4.31. The van der Waals surface area contributed by atoms with Crippen LogP contribution in [0, 0.1) is 0 Å². The van der Waals surface area contributed by atoms with Crippen molar-refractivity contribution in [2.75, 3.05) is 11.4 Å². The molecule has 0 saturated carbocycles. The number of anilines is 1. The normalized spacial score (nSPS) is 17.6. The second-order valence-corrected chi connectivity index (χ2v) is 6.01. The molecule has 2 aromatic rings. The van der Waals surface area contributed by atoms with Crippen LogP contribution in [0.1, 0.15) is 24.8 Å². The van der Waals surface area contributed by atoms with Crippen molar-refractivity contribution >= 4 is 12.0 Å². The van der Waals surface area contributed by atoms with Gasteiger partial charge in [0.05, 0.1) is 5.56 Å². The van der Waals surface area contributed by atoms with Crippen LogP contribution in [-0.4, -0.2) is 18.9 Å². The van der Waals surface area contributed by atoms with Gasteiger partial charge in [0.25, 0.3) is 0 Å². The predicted octanol–water partition coefficient (Wildman–Crippen LogP) is 5.06. The van der Waals surface area contributed by atoms with Crippen LogP contribution in [0.3, 0.4) is 0 Å². The van der Waals surface area contributed by atoms with Crippen LogP contribution in [-0.2, 0) is 11.0 Å². The molecule has 0 spiro atoms. The summed E-state index contributed by atoms with van der Waals surface area (Å²) in [7, 11) is 0. The molecule has 0 aliphatic carbocycles. The molecule has 0 amide bonds. The Balaban J connectivity index is 1.72. The number of ether oxygens (including phenoxy) is 1. The van der Waals surface area contributed by atoms with E-state index in [4.69, 9.17) is 4.74 Å².